The van der Waals surface area contributed by atoms with Crippen LogP contribution in [0.25, 0.3) is 77.4 Å². The van der Waals surface area contributed by atoms with Gasteiger partial charge in [0.15, 0.2) is 0 Å². The van der Waals surface area contributed by atoms with Crippen molar-refractivity contribution in [3.8, 4) is 17.2 Å². The molecule has 0 spiro atoms. The van der Waals surface area contributed by atoms with Crippen LogP contribution in [0.15, 0.2) is 128 Å². The molecule has 0 fully saturated rings. The van der Waals surface area contributed by atoms with Crippen LogP contribution < -0.4 is 0 Å². The Morgan fingerprint density at radius 3 is 2.15 bits per heavy atom. The van der Waals surface area contributed by atoms with Crippen molar-refractivity contribution in [2.75, 3.05) is 0 Å². The lowest BCUT2D eigenvalue weighted by Gasteiger charge is -2.13. The molecule has 186 valence electrons. The highest BCUT2D eigenvalue weighted by Crippen LogP contribution is 2.36. The molecule has 4 heterocycles. The zero-order chi connectivity index (χ0) is 26.2. The number of para-hydroxylation sites is 3. The second-order valence-corrected chi connectivity index (χ2v) is 10.2. The van der Waals surface area contributed by atoms with E-state index in [1.807, 2.05) is 12.1 Å². The lowest BCUT2D eigenvalue weighted by Crippen LogP contribution is -2.04. The molecule has 0 saturated heterocycles. The Labute approximate surface area is 228 Å². The van der Waals surface area contributed by atoms with Crippen LogP contribution >= 0.6 is 0 Å². The molecule has 40 heavy (non-hydrogen) atoms. The number of rotatable bonds is 2. The molecule has 9 rings (SSSR count). The molecule has 0 aliphatic rings. The lowest BCUT2D eigenvalue weighted by molar-refractivity contribution is 1.01. The lowest BCUT2D eigenvalue weighted by atomic mass is 10.0. The van der Waals surface area contributed by atoms with Crippen molar-refractivity contribution in [3.63, 3.8) is 0 Å². The van der Waals surface area contributed by atoms with Crippen LogP contribution in [-0.2, 0) is 0 Å². The Bertz CT molecular complexity index is 2430. The van der Waals surface area contributed by atoms with Crippen molar-refractivity contribution in [1.29, 1.82) is 0 Å². The van der Waals surface area contributed by atoms with Crippen molar-refractivity contribution >= 4 is 60.2 Å². The molecule has 0 saturated carbocycles. The first-order valence-corrected chi connectivity index (χ1v) is 13.4. The maximum absolute atomic E-state index is 5.29. The molecule has 0 radical (unpaired) electrons. The summed E-state index contributed by atoms with van der Waals surface area (Å²) in [6, 6.07) is 42.1. The van der Waals surface area contributed by atoms with Gasteiger partial charge in [0.05, 0.1) is 33.3 Å². The summed E-state index contributed by atoms with van der Waals surface area (Å²) in [6.07, 6.45) is 2.18. The van der Waals surface area contributed by atoms with Crippen molar-refractivity contribution in [2.24, 2.45) is 0 Å². The molecule has 9 aromatic rings. The predicted molar refractivity (Wildman–Crippen MR) is 163 cm³/mol. The van der Waals surface area contributed by atoms with E-state index in [4.69, 9.17) is 15.0 Å². The van der Waals surface area contributed by atoms with Gasteiger partial charge >= 0.3 is 0 Å². The summed E-state index contributed by atoms with van der Waals surface area (Å²) in [7, 11) is 0. The van der Waals surface area contributed by atoms with Gasteiger partial charge in [-0.05, 0) is 35.7 Å². The molecular formula is C35H21N5. The highest BCUT2D eigenvalue weighted by atomic mass is 15.2. The maximum atomic E-state index is 5.29. The van der Waals surface area contributed by atoms with Gasteiger partial charge in [-0.2, -0.15) is 0 Å². The van der Waals surface area contributed by atoms with Gasteiger partial charge in [0.2, 0.25) is 5.95 Å². The molecule has 5 nitrogen and oxygen atoms in total. The molecule has 0 amide bonds. The average molecular weight is 512 g/mol. The van der Waals surface area contributed by atoms with Crippen LogP contribution in [0.4, 0.5) is 0 Å². The smallest absolute Gasteiger partial charge is 0.235 e. The summed E-state index contributed by atoms with van der Waals surface area (Å²) in [5, 5.41) is 5.59. The van der Waals surface area contributed by atoms with Crippen LogP contribution in [0.1, 0.15) is 0 Å². The second-order valence-electron chi connectivity index (χ2n) is 10.2. The van der Waals surface area contributed by atoms with Crippen LogP contribution in [-0.4, -0.2) is 23.9 Å². The molecular weight excluding hydrogens is 490 g/mol. The SMILES string of the molecule is c1ccc(-c2nc(-n3c4ccccc4c4cc5nc6ccccc6n5cc43)nc3c2ccc2ccccc23)cc1. The standard InChI is InChI=1S/C35H21N5/c1-2-11-23(12-3-1)33-26-19-18-22-10-4-5-13-24(22)34(26)38-35(37-33)40-29-16-8-6-14-25(29)27-20-32-36-28-15-7-9-17-30(28)39(32)21-31(27)40/h1-21H. The molecule has 5 aromatic carbocycles. The van der Waals surface area contributed by atoms with E-state index in [-0.39, 0.29) is 0 Å². The minimum Gasteiger partial charge on any atom is -0.297 e. The molecule has 4 aromatic heterocycles. The number of nitrogens with zero attached hydrogens (tertiary/aromatic N) is 5. The quantitative estimate of drug-likeness (QED) is 0.219. The fourth-order valence-electron chi connectivity index (χ4n) is 6.10. The monoisotopic (exact) mass is 511 g/mol. The minimum atomic E-state index is 0.651. The number of aromatic nitrogens is 5. The Morgan fingerprint density at radius 1 is 0.500 bits per heavy atom. The fourth-order valence-corrected chi connectivity index (χ4v) is 6.10. The number of pyridine rings is 1. The van der Waals surface area contributed by atoms with E-state index in [1.165, 1.54) is 0 Å². The summed E-state index contributed by atoms with van der Waals surface area (Å²) >= 11 is 0. The summed E-state index contributed by atoms with van der Waals surface area (Å²) in [5.41, 5.74) is 8.01. The highest BCUT2D eigenvalue weighted by molar-refractivity contribution is 6.12. The summed E-state index contributed by atoms with van der Waals surface area (Å²) < 4.78 is 4.37. The molecule has 0 atom stereocenters. The highest BCUT2D eigenvalue weighted by Gasteiger charge is 2.19. The fraction of sp³-hybridized carbons (Fsp3) is 0. The Hall–Kier alpha value is -5.55. The number of hydrogen-bond acceptors (Lipinski definition) is 3. The van der Waals surface area contributed by atoms with E-state index in [1.54, 1.807) is 0 Å². The number of hydrogen-bond donors (Lipinski definition) is 0. The molecule has 0 aliphatic carbocycles. The van der Waals surface area contributed by atoms with Gasteiger partial charge in [-0.15, -0.1) is 0 Å². The number of fused-ring (bicyclic) bond motifs is 9. The van der Waals surface area contributed by atoms with Gasteiger partial charge in [-0.3, -0.25) is 8.97 Å². The van der Waals surface area contributed by atoms with Gasteiger partial charge in [-0.1, -0.05) is 91.0 Å². The Morgan fingerprint density at radius 2 is 1.25 bits per heavy atom. The van der Waals surface area contributed by atoms with Gasteiger partial charge in [0.25, 0.3) is 0 Å². The average Bonchev–Trinajstić information content (AvgIpc) is 3.54. The van der Waals surface area contributed by atoms with E-state index >= 15 is 0 Å². The van der Waals surface area contributed by atoms with Crippen LogP contribution in [0.5, 0.6) is 0 Å². The van der Waals surface area contributed by atoms with Crippen LogP contribution in [0.2, 0.25) is 0 Å². The molecule has 5 heteroatoms. The molecule has 0 unspecified atom stereocenters. The van der Waals surface area contributed by atoms with Crippen LogP contribution in [0.3, 0.4) is 0 Å². The van der Waals surface area contributed by atoms with Gasteiger partial charge in [0.1, 0.15) is 5.65 Å². The van der Waals surface area contributed by atoms with E-state index in [0.29, 0.717) is 5.95 Å². The summed E-state index contributed by atoms with van der Waals surface area (Å²) in [4.78, 5) is 15.5. The van der Waals surface area contributed by atoms with Gasteiger partial charge < -0.3 is 0 Å². The summed E-state index contributed by atoms with van der Waals surface area (Å²) in [5.74, 6) is 0.651. The normalized spacial score (nSPS) is 12.0. The Kier molecular flexibility index (Phi) is 4.27. The third-order valence-electron chi connectivity index (χ3n) is 7.93. The molecule has 0 N–H and O–H groups in total. The van der Waals surface area contributed by atoms with Crippen molar-refractivity contribution in [3.05, 3.63) is 128 Å². The predicted octanol–water partition coefficient (Wildman–Crippen LogP) is 8.35. The van der Waals surface area contributed by atoms with E-state index < -0.39 is 0 Å². The third-order valence-corrected chi connectivity index (χ3v) is 7.93. The number of benzene rings is 5. The third kappa shape index (κ3) is 2.94. The van der Waals surface area contributed by atoms with E-state index in [9.17, 15) is 0 Å². The van der Waals surface area contributed by atoms with E-state index in [0.717, 1.165) is 71.4 Å². The Balaban J connectivity index is 1.46. The second kappa shape index (κ2) is 7.98. The van der Waals surface area contributed by atoms with Crippen molar-refractivity contribution < 1.29 is 0 Å². The number of imidazole rings is 1. The topological polar surface area (TPSA) is 48.0 Å². The first-order valence-electron chi connectivity index (χ1n) is 13.4. The summed E-state index contributed by atoms with van der Waals surface area (Å²) in [6.45, 7) is 0. The van der Waals surface area contributed by atoms with Crippen molar-refractivity contribution in [2.45, 2.75) is 0 Å². The van der Waals surface area contributed by atoms with Crippen LogP contribution in [0, 0.1) is 0 Å². The molecule has 0 bridgehead atoms. The zero-order valence-electron chi connectivity index (χ0n) is 21.4. The molecule has 0 aliphatic heterocycles. The van der Waals surface area contributed by atoms with Crippen molar-refractivity contribution in [1.82, 2.24) is 23.9 Å². The zero-order valence-corrected chi connectivity index (χ0v) is 21.4. The van der Waals surface area contributed by atoms with Gasteiger partial charge in [0, 0.05) is 33.3 Å². The largest absolute Gasteiger partial charge is 0.297 e. The van der Waals surface area contributed by atoms with E-state index in [2.05, 4.69) is 124 Å². The maximum Gasteiger partial charge on any atom is 0.235 e. The first kappa shape index (κ1) is 21.4. The first-order chi connectivity index (χ1) is 19.8. The minimum absolute atomic E-state index is 0.651. The van der Waals surface area contributed by atoms with Gasteiger partial charge in [-0.25, -0.2) is 15.0 Å².